The van der Waals surface area contributed by atoms with Crippen molar-refractivity contribution < 1.29 is 0 Å². The molecule has 0 amide bonds. The number of piperazine rings is 1. The number of nitrogens with zero attached hydrogens (tertiary/aromatic N) is 1. The maximum Gasteiger partial charge on any atom is 0.0465 e. The molecule has 2 fully saturated rings. The molecule has 19 heavy (non-hydrogen) atoms. The van der Waals surface area contributed by atoms with E-state index in [1.54, 1.807) is 0 Å². The molecule has 1 heterocycles. The minimum absolute atomic E-state index is 0.353. The molecule has 0 bridgehead atoms. The van der Waals surface area contributed by atoms with E-state index in [1.807, 2.05) is 18.2 Å². The van der Waals surface area contributed by atoms with Crippen molar-refractivity contribution in [2.75, 3.05) is 19.6 Å². The summed E-state index contributed by atoms with van der Waals surface area (Å²) in [5.74, 6) is 0. The second-order valence-corrected chi connectivity index (χ2v) is 6.64. The molecule has 1 aliphatic heterocycles. The van der Waals surface area contributed by atoms with Crippen LogP contribution in [0, 0.1) is 0 Å². The minimum atomic E-state index is 0.353. The molecule has 0 unspecified atom stereocenters. The molecule has 1 N–H and O–H groups in total. The smallest absolute Gasteiger partial charge is 0.0465 e. The normalized spacial score (nSPS) is 23.1. The number of rotatable bonds is 2. The summed E-state index contributed by atoms with van der Waals surface area (Å²) < 4.78 is 0. The fourth-order valence-electron chi connectivity index (χ4n) is 3.47. The molecule has 3 rings (SSSR count). The Labute approximate surface area is 125 Å². The summed E-state index contributed by atoms with van der Waals surface area (Å²) in [5, 5.41) is 5.30. The molecule has 1 aromatic rings. The first kappa shape index (κ1) is 13.7. The van der Waals surface area contributed by atoms with Crippen molar-refractivity contribution in [3.05, 3.63) is 33.8 Å². The van der Waals surface area contributed by atoms with Gasteiger partial charge in [0.05, 0.1) is 0 Å². The van der Waals surface area contributed by atoms with Crippen LogP contribution in [0.25, 0.3) is 0 Å². The van der Waals surface area contributed by atoms with Crippen LogP contribution >= 0.6 is 23.2 Å². The van der Waals surface area contributed by atoms with Gasteiger partial charge in [0.15, 0.2) is 0 Å². The van der Waals surface area contributed by atoms with E-state index < -0.39 is 0 Å². The molecule has 0 radical (unpaired) electrons. The molecule has 2 nitrogen and oxygen atoms in total. The van der Waals surface area contributed by atoms with E-state index in [-0.39, 0.29) is 0 Å². The van der Waals surface area contributed by atoms with Crippen molar-refractivity contribution in [1.82, 2.24) is 10.2 Å². The van der Waals surface area contributed by atoms with Crippen LogP contribution in [0.4, 0.5) is 0 Å². The third-order valence-electron chi connectivity index (χ3n) is 4.46. The van der Waals surface area contributed by atoms with Crippen LogP contribution in [0.3, 0.4) is 0 Å². The van der Waals surface area contributed by atoms with Gasteiger partial charge in [-0.1, -0.05) is 42.1 Å². The van der Waals surface area contributed by atoms with Crippen LogP contribution in [0.15, 0.2) is 18.2 Å². The lowest BCUT2D eigenvalue weighted by atomic mass is 9.94. The SMILES string of the molecule is Clc1cccc(Cl)c1CN1CCNC2(CCCC2)C1. The molecule has 104 valence electrons. The molecule has 1 saturated heterocycles. The first-order valence-corrected chi connectivity index (χ1v) is 7.84. The van der Waals surface area contributed by atoms with Gasteiger partial charge < -0.3 is 5.32 Å². The van der Waals surface area contributed by atoms with Crippen molar-refractivity contribution in [3.63, 3.8) is 0 Å². The summed E-state index contributed by atoms with van der Waals surface area (Å²) in [6.45, 7) is 4.13. The van der Waals surface area contributed by atoms with Crippen LogP contribution in [0.5, 0.6) is 0 Å². The Morgan fingerprint density at radius 1 is 1.16 bits per heavy atom. The Hall–Kier alpha value is -0.280. The van der Waals surface area contributed by atoms with E-state index in [0.717, 1.165) is 41.8 Å². The fraction of sp³-hybridized carbons (Fsp3) is 0.600. The maximum atomic E-state index is 6.27. The molecule has 0 aromatic heterocycles. The second-order valence-electron chi connectivity index (χ2n) is 5.83. The third kappa shape index (κ3) is 2.92. The average Bonchev–Trinajstić information content (AvgIpc) is 2.82. The summed E-state index contributed by atoms with van der Waals surface area (Å²) in [4.78, 5) is 2.49. The monoisotopic (exact) mass is 298 g/mol. The van der Waals surface area contributed by atoms with Gasteiger partial charge in [0.1, 0.15) is 0 Å². The first-order valence-electron chi connectivity index (χ1n) is 7.09. The van der Waals surface area contributed by atoms with Crippen molar-refractivity contribution in [1.29, 1.82) is 0 Å². The van der Waals surface area contributed by atoms with Crippen LogP contribution in [0.2, 0.25) is 10.0 Å². The lowest BCUT2D eigenvalue weighted by molar-refractivity contribution is 0.129. The highest BCUT2D eigenvalue weighted by Gasteiger charge is 2.37. The van der Waals surface area contributed by atoms with Crippen LogP contribution in [0.1, 0.15) is 31.2 Å². The van der Waals surface area contributed by atoms with Gasteiger partial charge in [-0.05, 0) is 25.0 Å². The van der Waals surface area contributed by atoms with Crippen LogP contribution < -0.4 is 5.32 Å². The van der Waals surface area contributed by atoms with Gasteiger partial charge in [-0.3, -0.25) is 4.90 Å². The van der Waals surface area contributed by atoms with E-state index >= 15 is 0 Å². The van der Waals surface area contributed by atoms with Gasteiger partial charge >= 0.3 is 0 Å². The lowest BCUT2D eigenvalue weighted by Crippen LogP contribution is -2.58. The van der Waals surface area contributed by atoms with E-state index in [4.69, 9.17) is 23.2 Å². The molecule has 1 aromatic carbocycles. The Kier molecular flexibility index (Phi) is 4.04. The highest BCUT2D eigenvalue weighted by molar-refractivity contribution is 6.35. The third-order valence-corrected chi connectivity index (χ3v) is 5.17. The highest BCUT2D eigenvalue weighted by atomic mass is 35.5. The molecule has 1 saturated carbocycles. The molecule has 0 atom stereocenters. The van der Waals surface area contributed by atoms with Crippen molar-refractivity contribution in [2.24, 2.45) is 0 Å². The van der Waals surface area contributed by atoms with Gasteiger partial charge in [0.2, 0.25) is 0 Å². The van der Waals surface area contributed by atoms with Gasteiger partial charge in [-0.15, -0.1) is 0 Å². The van der Waals surface area contributed by atoms with Gasteiger partial charge in [0.25, 0.3) is 0 Å². The highest BCUT2D eigenvalue weighted by Crippen LogP contribution is 2.33. The van der Waals surface area contributed by atoms with E-state index in [0.29, 0.717) is 5.54 Å². The predicted octanol–water partition coefficient (Wildman–Crippen LogP) is 3.71. The Bertz CT molecular complexity index is 435. The average molecular weight is 299 g/mol. The quantitative estimate of drug-likeness (QED) is 0.895. The Balaban J connectivity index is 1.73. The maximum absolute atomic E-state index is 6.27. The minimum Gasteiger partial charge on any atom is -0.309 e. The summed E-state index contributed by atoms with van der Waals surface area (Å²) in [7, 11) is 0. The summed E-state index contributed by atoms with van der Waals surface area (Å²) >= 11 is 12.5. The first-order chi connectivity index (χ1) is 9.19. The number of benzene rings is 1. The van der Waals surface area contributed by atoms with Crippen LogP contribution in [-0.4, -0.2) is 30.1 Å². The predicted molar refractivity (Wildman–Crippen MR) is 80.9 cm³/mol. The zero-order valence-corrected chi connectivity index (χ0v) is 12.6. The van der Waals surface area contributed by atoms with Gasteiger partial charge in [0, 0.05) is 47.3 Å². The zero-order chi connectivity index (χ0) is 13.3. The number of hydrogen-bond donors (Lipinski definition) is 1. The lowest BCUT2D eigenvalue weighted by Gasteiger charge is -2.41. The van der Waals surface area contributed by atoms with E-state index in [9.17, 15) is 0 Å². The molecular formula is C15H20Cl2N2. The number of nitrogens with one attached hydrogen (secondary N) is 1. The Morgan fingerprint density at radius 2 is 1.84 bits per heavy atom. The van der Waals surface area contributed by atoms with Gasteiger partial charge in [-0.2, -0.15) is 0 Å². The summed E-state index contributed by atoms with van der Waals surface area (Å²) in [6, 6.07) is 5.76. The molecular weight excluding hydrogens is 279 g/mol. The largest absolute Gasteiger partial charge is 0.309 e. The van der Waals surface area contributed by atoms with Crippen LogP contribution in [-0.2, 0) is 6.54 Å². The Morgan fingerprint density at radius 3 is 2.53 bits per heavy atom. The van der Waals surface area contributed by atoms with E-state index in [2.05, 4.69) is 10.2 Å². The molecule has 4 heteroatoms. The van der Waals surface area contributed by atoms with Crippen molar-refractivity contribution in [3.8, 4) is 0 Å². The standard InChI is InChI=1S/C15H20Cl2N2/c16-13-4-3-5-14(17)12(13)10-19-9-8-18-15(11-19)6-1-2-7-15/h3-5,18H,1-2,6-11H2. The van der Waals surface area contributed by atoms with E-state index in [1.165, 1.54) is 25.7 Å². The second kappa shape index (κ2) is 5.61. The topological polar surface area (TPSA) is 15.3 Å². The van der Waals surface area contributed by atoms with Gasteiger partial charge in [-0.25, -0.2) is 0 Å². The number of halogens is 2. The zero-order valence-electron chi connectivity index (χ0n) is 11.1. The molecule has 2 aliphatic rings. The molecule has 1 aliphatic carbocycles. The fourth-order valence-corrected chi connectivity index (χ4v) is 3.99. The molecule has 1 spiro atoms. The number of hydrogen-bond acceptors (Lipinski definition) is 2. The summed E-state index contributed by atoms with van der Waals surface area (Å²) in [6.07, 6.45) is 5.32. The summed E-state index contributed by atoms with van der Waals surface area (Å²) in [5.41, 5.74) is 1.42. The van der Waals surface area contributed by atoms with Crippen molar-refractivity contribution >= 4 is 23.2 Å². The van der Waals surface area contributed by atoms with Crippen molar-refractivity contribution in [2.45, 2.75) is 37.8 Å².